The zero-order chi connectivity index (χ0) is 16.8. The van der Waals surface area contributed by atoms with Crippen molar-refractivity contribution in [3.05, 3.63) is 54.4 Å². The molecule has 2 aromatic carbocycles. The van der Waals surface area contributed by atoms with Crippen molar-refractivity contribution in [2.24, 2.45) is 0 Å². The van der Waals surface area contributed by atoms with Crippen molar-refractivity contribution in [1.82, 2.24) is 10.2 Å². The van der Waals surface area contributed by atoms with Gasteiger partial charge in [-0.1, -0.05) is 0 Å². The number of nitrogens with zero attached hydrogens (tertiary/aromatic N) is 2. The second-order valence-electron chi connectivity index (χ2n) is 5.04. The van der Waals surface area contributed by atoms with Crippen LogP contribution >= 0.6 is 0 Å². The number of rotatable bonds is 7. The molecule has 0 aliphatic carbocycles. The molecule has 3 aromatic rings. The molecule has 0 saturated carbocycles. The number of anilines is 1. The van der Waals surface area contributed by atoms with Crippen LogP contribution in [0, 0.1) is 0 Å². The van der Waals surface area contributed by atoms with Gasteiger partial charge in [0.05, 0.1) is 20.3 Å². The smallest absolute Gasteiger partial charge is 0.247 e. The SMILES string of the molecule is CCOc1ccc(NCc2nnc(-c3ccc(OC)cc3)o2)cc1. The van der Waals surface area contributed by atoms with Gasteiger partial charge in [-0.3, -0.25) is 0 Å². The van der Waals surface area contributed by atoms with Crippen molar-refractivity contribution >= 4 is 5.69 Å². The Morgan fingerprint density at radius 2 is 1.67 bits per heavy atom. The van der Waals surface area contributed by atoms with Crippen LogP contribution in [0.2, 0.25) is 0 Å². The minimum atomic E-state index is 0.455. The van der Waals surface area contributed by atoms with Gasteiger partial charge in [-0.2, -0.15) is 0 Å². The standard InChI is InChI=1S/C18H19N3O3/c1-3-23-16-10-6-14(7-11-16)19-12-17-20-21-18(24-17)13-4-8-15(22-2)9-5-13/h4-11,19H,3,12H2,1-2H3. The Labute approximate surface area is 140 Å². The summed E-state index contributed by atoms with van der Waals surface area (Å²) in [5, 5.41) is 11.4. The summed E-state index contributed by atoms with van der Waals surface area (Å²) in [5.41, 5.74) is 1.82. The number of hydrogen-bond acceptors (Lipinski definition) is 6. The molecular formula is C18H19N3O3. The first-order valence-corrected chi connectivity index (χ1v) is 7.72. The predicted molar refractivity (Wildman–Crippen MR) is 91.2 cm³/mol. The summed E-state index contributed by atoms with van der Waals surface area (Å²) in [6, 6.07) is 15.2. The summed E-state index contributed by atoms with van der Waals surface area (Å²) in [6.07, 6.45) is 0. The second-order valence-corrected chi connectivity index (χ2v) is 5.04. The minimum absolute atomic E-state index is 0.455. The van der Waals surface area contributed by atoms with Crippen LogP contribution in [-0.2, 0) is 6.54 Å². The van der Waals surface area contributed by atoms with Gasteiger partial charge in [0.15, 0.2) is 0 Å². The normalized spacial score (nSPS) is 10.4. The first kappa shape index (κ1) is 15.9. The Hall–Kier alpha value is -3.02. The molecule has 0 saturated heterocycles. The average Bonchev–Trinajstić information content (AvgIpc) is 3.10. The Morgan fingerprint density at radius 3 is 2.33 bits per heavy atom. The van der Waals surface area contributed by atoms with E-state index < -0.39 is 0 Å². The van der Waals surface area contributed by atoms with Crippen LogP contribution in [0.25, 0.3) is 11.5 Å². The quantitative estimate of drug-likeness (QED) is 0.713. The van der Waals surface area contributed by atoms with Crippen LogP contribution in [0.1, 0.15) is 12.8 Å². The predicted octanol–water partition coefficient (Wildman–Crippen LogP) is 3.76. The number of ether oxygens (including phenoxy) is 2. The van der Waals surface area contributed by atoms with Crippen molar-refractivity contribution in [1.29, 1.82) is 0 Å². The van der Waals surface area contributed by atoms with Crippen molar-refractivity contribution in [3.8, 4) is 23.0 Å². The van der Waals surface area contributed by atoms with Crippen molar-refractivity contribution < 1.29 is 13.9 Å². The molecule has 0 bridgehead atoms. The summed E-state index contributed by atoms with van der Waals surface area (Å²) < 4.78 is 16.2. The van der Waals surface area contributed by atoms with Crippen molar-refractivity contribution in [3.63, 3.8) is 0 Å². The number of methoxy groups -OCH3 is 1. The fraction of sp³-hybridized carbons (Fsp3) is 0.222. The number of hydrogen-bond donors (Lipinski definition) is 1. The summed E-state index contributed by atoms with van der Waals surface area (Å²) in [4.78, 5) is 0. The van der Waals surface area contributed by atoms with Crippen LogP contribution in [0.5, 0.6) is 11.5 Å². The lowest BCUT2D eigenvalue weighted by molar-refractivity contribution is 0.340. The van der Waals surface area contributed by atoms with E-state index in [2.05, 4.69) is 15.5 Å². The molecule has 6 nitrogen and oxygen atoms in total. The molecule has 124 valence electrons. The third-order valence-corrected chi connectivity index (χ3v) is 3.41. The molecule has 1 heterocycles. The van der Waals surface area contributed by atoms with Gasteiger partial charge < -0.3 is 19.2 Å². The molecule has 0 unspecified atom stereocenters. The Morgan fingerprint density at radius 1 is 0.958 bits per heavy atom. The molecule has 0 aliphatic rings. The van der Waals surface area contributed by atoms with Gasteiger partial charge in [0, 0.05) is 11.3 Å². The third kappa shape index (κ3) is 3.84. The summed E-state index contributed by atoms with van der Waals surface area (Å²) in [5.74, 6) is 2.65. The molecule has 1 aromatic heterocycles. The third-order valence-electron chi connectivity index (χ3n) is 3.41. The van der Waals surface area contributed by atoms with Gasteiger partial charge in [0.25, 0.3) is 0 Å². The second kappa shape index (κ2) is 7.50. The molecule has 6 heteroatoms. The molecule has 1 N–H and O–H groups in total. The van der Waals surface area contributed by atoms with Crippen LogP contribution in [0.4, 0.5) is 5.69 Å². The molecule has 0 amide bonds. The Kier molecular flexibility index (Phi) is 4.96. The lowest BCUT2D eigenvalue weighted by Crippen LogP contribution is -1.99. The number of benzene rings is 2. The van der Waals surface area contributed by atoms with Crippen LogP contribution < -0.4 is 14.8 Å². The van der Waals surface area contributed by atoms with E-state index in [-0.39, 0.29) is 0 Å². The highest BCUT2D eigenvalue weighted by Gasteiger charge is 2.08. The van der Waals surface area contributed by atoms with Crippen molar-refractivity contribution in [2.45, 2.75) is 13.5 Å². The maximum Gasteiger partial charge on any atom is 0.247 e. The summed E-state index contributed by atoms with van der Waals surface area (Å²) in [6.45, 7) is 3.07. The van der Waals surface area contributed by atoms with Gasteiger partial charge in [-0.05, 0) is 55.5 Å². The van der Waals surface area contributed by atoms with E-state index in [9.17, 15) is 0 Å². The monoisotopic (exact) mass is 325 g/mol. The van der Waals surface area contributed by atoms with Crippen LogP contribution in [0.3, 0.4) is 0 Å². The van der Waals surface area contributed by atoms with Crippen LogP contribution in [-0.4, -0.2) is 23.9 Å². The number of nitrogens with one attached hydrogen (secondary N) is 1. The highest BCUT2D eigenvalue weighted by molar-refractivity contribution is 5.54. The molecule has 0 fully saturated rings. The fourth-order valence-corrected chi connectivity index (χ4v) is 2.19. The van der Waals surface area contributed by atoms with E-state index in [1.165, 1.54) is 0 Å². The average molecular weight is 325 g/mol. The number of aromatic nitrogens is 2. The molecule has 24 heavy (non-hydrogen) atoms. The lowest BCUT2D eigenvalue weighted by atomic mass is 10.2. The highest BCUT2D eigenvalue weighted by Crippen LogP contribution is 2.22. The van der Waals surface area contributed by atoms with E-state index in [1.54, 1.807) is 7.11 Å². The maximum absolute atomic E-state index is 5.68. The molecule has 0 radical (unpaired) electrons. The molecule has 0 aliphatic heterocycles. The molecular weight excluding hydrogens is 306 g/mol. The Bertz CT molecular complexity index is 767. The van der Waals surface area contributed by atoms with Gasteiger partial charge in [0.1, 0.15) is 11.5 Å². The van der Waals surface area contributed by atoms with E-state index in [0.717, 1.165) is 22.7 Å². The molecule has 3 rings (SSSR count). The largest absolute Gasteiger partial charge is 0.497 e. The first-order chi connectivity index (χ1) is 11.8. The lowest BCUT2D eigenvalue weighted by Gasteiger charge is -2.06. The van der Waals surface area contributed by atoms with Gasteiger partial charge in [-0.25, -0.2) is 0 Å². The minimum Gasteiger partial charge on any atom is -0.497 e. The zero-order valence-electron chi connectivity index (χ0n) is 13.7. The topological polar surface area (TPSA) is 69.4 Å². The Balaban J connectivity index is 1.61. The molecule has 0 atom stereocenters. The van der Waals surface area contributed by atoms with E-state index >= 15 is 0 Å². The molecule has 0 spiro atoms. The van der Waals surface area contributed by atoms with Gasteiger partial charge in [0.2, 0.25) is 11.8 Å². The highest BCUT2D eigenvalue weighted by atomic mass is 16.5. The summed E-state index contributed by atoms with van der Waals surface area (Å²) in [7, 11) is 1.63. The van der Waals surface area contributed by atoms with E-state index in [4.69, 9.17) is 13.9 Å². The van der Waals surface area contributed by atoms with Crippen LogP contribution in [0.15, 0.2) is 52.9 Å². The fourth-order valence-electron chi connectivity index (χ4n) is 2.19. The summed E-state index contributed by atoms with van der Waals surface area (Å²) >= 11 is 0. The van der Waals surface area contributed by atoms with Gasteiger partial charge >= 0.3 is 0 Å². The zero-order valence-corrected chi connectivity index (χ0v) is 13.7. The van der Waals surface area contributed by atoms with Gasteiger partial charge in [-0.15, -0.1) is 10.2 Å². The van der Waals surface area contributed by atoms with Crippen molar-refractivity contribution in [2.75, 3.05) is 19.0 Å². The van der Waals surface area contributed by atoms with E-state index in [0.29, 0.717) is 24.9 Å². The maximum atomic E-state index is 5.68. The van der Waals surface area contributed by atoms with E-state index in [1.807, 2.05) is 55.5 Å². The first-order valence-electron chi connectivity index (χ1n) is 7.72.